The number of rotatable bonds is 13. The van der Waals surface area contributed by atoms with Crippen molar-refractivity contribution in [3.63, 3.8) is 0 Å². The van der Waals surface area contributed by atoms with Gasteiger partial charge in [0.2, 0.25) is 0 Å². The molecular formula is C28H31N3O7S. The molecule has 3 N–H and O–H groups in total. The third kappa shape index (κ3) is 8.11. The van der Waals surface area contributed by atoms with Crippen molar-refractivity contribution in [2.75, 3.05) is 13.7 Å². The molecule has 0 radical (unpaired) electrons. The van der Waals surface area contributed by atoms with Gasteiger partial charge in [0.05, 0.1) is 17.6 Å². The number of pyridine rings is 1. The van der Waals surface area contributed by atoms with Crippen molar-refractivity contribution in [1.29, 1.82) is 0 Å². The fourth-order valence-corrected chi connectivity index (χ4v) is 4.90. The minimum Gasteiger partial charge on any atom is -0.497 e. The van der Waals surface area contributed by atoms with Crippen LogP contribution in [-0.4, -0.2) is 49.9 Å². The van der Waals surface area contributed by atoms with E-state index in [9.17, 15) is 27.9 Å². The van der Waals surface area contributed by atoms with Crippen molar-refractivity contribution < 1.29 is 32.6 Å². The van der Waals surface area contributed by atoms with Crippen molar-refractivity contribution in [3.8, 4) is 5.75 Å². The summed E-state index contributed by atoms with van der Waals surface area (Å²) >= 11 is 0. The van der Waals surface area contributed by atoms with E-state index in [1.807, 2.05) is 35.9 Å². The maximum atomic E-state index is 12.9. The van der Waals surface area contributed by atoms with E-state index < -0.39 is 27.8 Å². The largest absolute Gasteiger partial charge is 0.497 e. The second-order valence-electron chi connectivity index (χ2n) is 8.81. The highest BCUT2D eigenvalue weighted by molar-refractivity contribution is 7.90. The molecule has 11 heteroatoms. The Balaban J connectivity index is 1.69. The number of carboxylic acid groups (broad SMARTS) is 1. The van der Waals surface area contributed by atoms with Gasteiger partial charge in [-0.3, -0.25) is 9.59 Å². The van der Waals surface area contributed by atoms with Crippen molar-refractivity contribution in [3.05, 3.63) is 88.7 Å². The van der Waals surface area contributed by atoms with Gasteiger partial charge < -0.3 is 15.2 Å². The molecule has 0 saturated carbocycles. The molecule has 0 fully saturated rings. The molecule has 39 heavy (non-hydrogen) atoms. The lowest BCUT2D eigenvalue weighted by atomic mass is 10.0. The van der Waals surface area contributed by atoms with Crippen LogP contribution in [0.5, 0.6) is 5.75 Å². The van der Waals surface area contributed by atoms with Crippen molar-refractivity contribution >= 4 is 27.8 Å². The summed E-state index contributed by atoms with van der Waals surface area (Å²) in [5.74, 6) is -1.93. The van der Waals surface area contributed by atoms with Crippen LogP contribution >= 0.6 is 0 Å². The van der Waals surface area contributed by atoms with Crippen LogP contribution in [0.2, 0.25) is 0 Å². The Morgan fingerprint density at radius 1 is 0.949 bits per heavy atom. The average Bonchev–Trinajstić information content (AvgIpc) is 2.93. The number of methoxy groups -OCH3 is 1. The van der Waals surface area contributed by atoms with Gasteiger partial charge in [-0.1, -0.05) is 38.0 Å². The standard InChI is InChI=1S/C28H31N3O7S/c1-3-4-5-9-20-16-22(18-30-25(20)28(34)35)27(33)31-39(36,37)24-12-7-10-21(17-24)26(32)29-14-13-19-8-6-11-23(15-19)38-2/h6-8,10-12,15-18H,3-5,9,13-14H2,1-2H3,(H,29,32)(H,31,33)(H,34,35). The summed E-state index contributed by atoms with van der Waals surface area (Å²) < 4.78 is 33.0. The first kappa shape index (κ1) is 29.3. The van der Waals surface area contributed by atoms with Gasteiger partial charge in [0.15, 0.2) is 5.69 Å². The number of benzene rings is 2. The number of nitrogens with zero attached hydrogens (tertiary/aromatic N) is 1. The molecule has 0 spiro atoms. The first-order valence-corrected chi connectivity index (χ1v) is 13.9. The zero-order valence-corrected chi connectivity index (χ0v) is 22.6. The summed E-state index contributed by atoms with van der Waals surface area (Å²) in [5, 5.41) is 12.1. The number of aromatic nitrogens is 1. The van der Waals surface area contributed by atoms with E-state index in [1.54, 1.807) is 7.11 Å². The van der Waals surface area contributed by atoms with Gasteiger partial charge in [-0.05, 0) is 66.8 Å². The van der Waals surface area contributed by atoms with Gasteiger partial charge in [-0.25, -0.2) is 22.9 Å². The van der Waals surface area contributed by atoms with Gasteiger partial charge in [-0.15, -0.1) is 0 Å². The highest BCUT2D eigenvalue weighted by atomic mass is 32.2. The zero-order valence-electron chi connectivity index (χ0n) is 21.8. The predicted octanol–water partition coefficient (Wildman–Crippen LogP) is 3.61. The summed E-state index contributed by atoms with van der Waals surface area (Å²) in [7, 11) is -2.76. The number of sulfonamides is 1. The fraction of sp³-hybridized carbons (Fsp3) is 0.286. The molecule has 206 valence electrons. The number of aryl methyl sites for hydroxylation is 1. The molecule has 0 aliphatic carbocycles. The molecular weight excluding hydrogens is 522 g/mol. The Morgan fingerprint density at radius 3 is 2.44 bits per heavy atom. The van der Waals surface area contributed by atoms with Gasteiger partial charge in [0.25, 0.3) is 21.8 Å². The van der Waals surface area contributed by atoms with Crippen LogP contribution in [0, 0.1) is 0 Å². The molecule has 2 aromatic carbocycles. The molecule has 1 heterocycles. The molecule has 0 atom stereocenters. The maximum Gasteiger partial charge on any atom is 0.354 e. The van der Waals surface area contributed by atoms with Gasteiger partial charge in [0, 0.05) is 18.3 Å². The lowest BCUT2D eigenvalue weighted by Crippen LogP contribution is -2.31. The molecule has 0 saturated heterocycles. The lowest BCUT2D eigenvalue weighted by molar-refractivity contribution is 0.0688. The van der Waals surface area contributed by atoms with Crippen molar-refractivity contribution in [2.24, 2.45) is 0 Å². The molecule has 3 aromatic rings. The molecule has 3 rings (SSSR count). The van der Waals surface area contributed by atoms with Crippen LogP contribution in [-0.2, 0) is 22.9 Å². The van der Waals surface area contributed by atoms with Gasteiger partial charge in [0.1, 0.15) is 5.75 Å². The summed E-state index contributed by atoms with van der Waals surface area (Å²) in [6, 6.07) is 14.1. The highest BCUT2D eigenvalue weighted by Gasteiger charge is 2.22. The number of hydrogen-bond acceptors (Lipinski definition) is 7. The van der Waals surface area contributed by atoms with E-state index in [1.165, 1.54) is 30.3 Å². The number of ether oxygens (including phenoxy) is 1. The second kappa shape index (κ2) is 13.5. The summed E-state index contributed by atoms with van der Waals surface area (Å²) in [4.78, 5) is 40.5. The summed E-state index contributed by atoms with van der Waals surface area (Å²) in [5.41, 5.74) is 1.18. The van der Waals surface area contributed by atoms with Crippen molar-refractivity contribution in [1.82, 2.24) is 15.0 Å². The summed E-state index contributed by atoms with van der Waals surface area (Å²) in [6.45, 7) is 2.33. The Hall–Kier alpha value is -4.25. The Kier molecular flexibility index (Phi) is 10.2. The quantitative estimate of drug-likeness (QED) is 0.272. The Labute approximate surface area is 227 Å². The zero-order chi connectivity index (χ0) is 28.4. The van der Waals surface area contributed by atoms with E-state index >= 15 is 0 Å². The smallest absolute Gasteiger partial charge is 0.354 e. The number of hydrogen-bond donors (Lipinski definition) is 3. The molecule has 0 unspecified atom stereocenters. The van der Waals surface area contributed by atoms with Crippen LogP contribution < -0.4 is 14.8 Å². The van der Waals surface area contributed by atoms with E-state index in [4.69, 9.17) is 4.74 Å². The topological polar surface area (TPSA) is 152 Å². The third-order valence-corrected chi connectivity index (χ3v) is 7.28. The number of nitrogens with one attached hydrogen (secondary N) is 2. The lowest BCUT2D eigenvalue weighted by Gasteiger charge is -2.11. The Morgan fingerprint density at radius 2 is 1.72 bits per heavy atom. The number of carboxylic acids is 1. The normalized spacial score (nSPS) is 11.0. The first-order valence-electron chi connectivity index (χ1n) is 12.4. The highest BCUT2D eigenvalue weighted by Crippen LogP contribution is 2.16. The van der Waals surface area contributed by atoms with E-state index in [2.05, 4.69) is 10.3 Å². The number of carbonyl (C=O) groups is 3. The van der Waals surface area contributed by atoms with Gasteiger partial charge in [-0.2, -0.15) is 0 Å². The fourth-order valence-electron chi connectivity index (χ4n) is 3.88. The summed E-state index contributed by atoms with van der Waals surface area (Å²) in [6.07, 6.45) is 4.47. The molecule has 10 nitrogen and oxygen atoms in total. The molecule has 0 bridgehead atoms. The monoisotopic (exact) mass is 553 g/mol. The molecule has 0 aliphatic heterocycles. The van der Waals surface area contributed by atoms with Crippen LogP contribution in [0.1, 0.15) is 68.5 Å². The average molecular weight is 554 g/mol. The maximum absolute atomic E-state index is 12.9. The molecule has 0 aliphatic rings. The minimum absolute atomic E-state index is 0.0819. The minimum atomic E-state index is -4.33. The van der Waals surface area contributed by atoms with Crippen LogP contribution in [0.4, 0.5) is 0 Å². The molecule has 1 aromatic heterocycles. The van der Waals surface area contributed by atoms with E-state index in [0.717, 1.165) is 24.6 Å². The number of unbranched alkanes of at least 4 members (excludes halogenated alkanes) is 2. The Bertz CT molecular complexity index is 1460. The van der Waals surface area contributed by atoms with Crippen LogP contribution in [0.15, 0.2) is 65.7 Å². The molecule has 2 amide bonds. The number of aromatic carboxylic acids is 1. The van der Waals surface area contributed by atoms with Crippen molar-refractivity contribution in [2.45, 2.75) is 43.9 Å². The number of amides is 2. The first-order chi connectivity index (χ1) is 18.6. The van der Waals surface area contributed by atoms with Gasteiger partial charge >= 0.3 is 5.97 Å². The second-order valence-corrected chi connectivity index (χ2v) is 10.5. The number of carbonyl (C=O) groups excluding carboxylic acids is 2. The SMILES string of the molecule is CCCCCc1cc(C(=O)NS(=O)(=O)c2cccc(C(=O)NCCc3cccc(OC)c3)c2)cnc1C(=O)O. The van der Waals surface area contributed by atoms with Crippen LogP contribution in [0.25, 0.3) is 0 Å². The third-order valence-electron chi connectivity index (χ3n) is 5.95. The van der Waals surface area contributed by atoms with Crippen LogP contribution in [0.3, 0.4) is 0 Å². The van der Waals surface area contributed by atoms with E-state index in [-0.39, 0.29) is 21.7 Å². The predicted molar refractivity (Wildman–Crippen MR) is 145 cm³/mol. The van der Waals surface area contributed by atoms with E-state index in [0.29, 0.717) is 37.1 Å².